The highest BCUT2D eigenvalue weighted by Crippen LogP contribution is 2.25. The molecule has 0 aliphatic rings. The molecule has 0 atom stereocenters. The van der Waals surface area contributed by atoms with Crippen LogP contribution in [0.3, 0.4) is 0 Å². The van der Waals surface area contributed by atoms with Crippen LogP contribution in [-0.2, 0) is 30.3 Å². The summed E-state index contributed by atoms with van der Waals surface area (Å²) in [5.41, 5.74) is -0.694. The molecule has 108 valence electrons. The van der Waals surface area contributed by atoms with Crippen molar-refractivity contribution < 1.29 is 34.4 Å². The predicted octanol–water partition coefficient (Wildman–Crippen LogP) is -0.448. The number of hydrogen-bond acceptors (Lipinski definition) is 6. The van der Waals surface area contributed by atoms with Crippen molar-refractivity contribution in [3.05, 3.63) is 18.2 Å². The highest BCUT2D eigenvalue weighted by atomic mass is 32.2. The summed E-state index contributed by atoms with van der Waals surface area (Å²) in [7, 11) is -13.4. The lowest BCUT2D eigenvalue weighted by Gasteiger charge is -2.09. The third kappa shape index (κ3) is 4.43. The highest BCUT2D eigenvalue weighted by Gasteiger charge is 2.21. The standard InChI is InChI=1S/C7H9NO8S3/c1-17(9,10)8-6-4-5(18(11,12)13)2-3-7(6)19(14,15)16/h2-4,8H,1H3,(H,11,12,13)(H,14,15,16). The van der Waals surface area contributed by atoms with Crippen LogP contribution in [0.25, 0.3) is 0 Å². The zero-order valence-electron chi connectivity index (χ0n) is 9.30. The number of benzene rings is 1. The Hall–Kier alpha value is -1.21. The van der Waals surface area contributed by atoms with Gasteiger partial charge < -0.3 is 0 Å². The lowest BCUT2D eigenvalue weighted by atomic mass is 10.3. The third-order valence-corrected chi connectivity index (χ3v) is 4.17. The fourth-order valence-corrected chi connectivity index (χ4v) is 2.94. The second-order valence-electron chi connectivity index (χ2n) is 3.48. The van der Waals surface area contributed by atoms with E-state index in [0.29, 0.717) is 24.5 Å². The Kier molecular flexibility index (Phi) is 3.93. The molecule has 0 saturated carbocycles. The van der Waals surface area contributed by atoms with Crippen LogP contribution in [0, 0.1) is 0 Å². The van der Waals surface area contributed by atoms with Crippen LogP contribution in [-0.4, -0.2) is 40.6 Å². The highest BCUT2D eigenvalue weighted by molar-refractivity contribution is 7.92. The number of sulfonamides is 1. The van der Waals surface area contributed by atoms with Gasteiger partial charge in [-0.25, -0.2) is 8.42 Å². The molecule has 0 bridgehead atoms. The van der Waals surface area contributed by atoms with E-state index in [9.17, 15) is 25.3 Å². The molecule has 0 saturated heterocycles. The molecule has 0 radical (unpaired) electrons. The molecule has 1 aromatic rings. The number of anilines is 1. The summed E-state index contributed by atoms with van der Waals surface area (Å²) in [5.74, 6) is 0. The van der Waals surface area contributed by atoms with Crippen LogP contribution >= 0.6 is 0 Å². The summed E-state index contributed by atoms with van der Waals surface area (Å²) in [4.78, 5) is -1.57. The summed E-state index contributed by atoms with van der Waals surface area (Å²) in [6.07, 6.45) is 0.695. The molecule has 0 fully saturated rings. The van der Waals surface area contributed by atoms with Crippen LogP contribution in [0.1, 0.15) is 0 Å². The Morgan fingerprint density at radius 3 is 1.84 bits per heavy atom. The average Bonchev–Trinajstić information content (AvgIpc) is 2.11. The van der Waals surface area contributed by atoms with E-state index in [1.807, 2.05) is 0 Å². The summed E-state index contributed by atoms with van der Waals surface area (Å²) < 4.78 is 85.3. The van der Waals surface area contributed by atoms with Gasteiger partial charge in [-0.1, -0.05) is 0 Å². The minimum Gasteiger partial charge on any atom is -0.282 e. The topological polar surface area (TPSA) is 155 Å². The maximum atomic E-state index is 11.0. The first-order chi connectivity index (χ1) is 8.31. The molecule has 0 unspecified atom stereocenters. The smallest absolute Gasteiger partial charge is 0.282 e. The minimum atomic E-state index is -4.77. The lowest BCUT2D eigenvalue weighted by Crippen LogP contribution is -2.14. The van der Waals surface area contributed by atoms with Crippen molar-refractivity contribution in [2.75, 3.05) is 11.0 Å². The lowest BCUT2D eigenvalue weighted by molar-refractivity contribution is 0.479. The van der Waals surface area contributed by atoms with Crippen molar-refractivity contribution in [1.82, 2.24) is 0 Å². The molecule has 0 aliphatic carbocycles. The summed E-state index contributed by atoms with van der Waals surface area (Å²) >= 11 is 0. The zero-order valence-corrected chi connectivity index (χ0v) is 11.8. The summed E-state index contributed by atoms with van der Waals surface area (Å²) in [6.45, 7) is 0. The van der Waals surface area contributed by atoms with E-state index < -0.39 is 45.7 Å². The van der Waals surface area contributed by atoms with Crippen LogP contribution in [0.2, 0.25) is 0 Å². The van der Waals surface area contributed by atoms with Gasteiger partial charge in [0, 0.05) is 0 Å². The van der Waals surface area contributed by atoms with Crippen LogP contribution in [0.5, 0.6) is 0 Å². The third-order valence-electron chi connectivity index (χ3n) is 1.82. The first-order valence-corrected chi connectivity index (χ1v) is 9.15. The second-order valence-corrected chi connectivity index (χ2v) is 8.04. The van der Waals surface area contributed by atoms with Gasteiger partial charge >= 0.3 is 0 Å². The summed E-state index contributed by atoms with van der Waals surface area (Å²) in [5, 5.41) is 0. The Labute approximate surface area is 109 Å². The first-order valence-electron chi connectivity index (χ1n) is 4.37. The SMILES string of the molecule is CS(=O)(=O)Nc1cc(S(=O)(=O)O)ccc1S(=O)(=O)O. The molecule has 0 amide bonds. The number of rotatable bonds is 4. The van der Waals surface area contributed by atoms with Crippen LogP contribution < -0.4 is 4.72 Å². The van der Waals surface area contributed by atoms with Gasteiger partial charge in [-0.15, -0.1) is 0 Å². The van der Waals surface area contributed by atoms with E-state index in [2.05, 4.69) is 0 Å². The van der Waals surface area contributed by atoms with E-state index >= 15 is 0 Å². The van der Waals surface area contributed by atoms with Gasteiger partial charge in [0.05, 0.1) is 16.8 Å². The molecule has 0 aliphatic heterocycles. The molecule has 12 heteroatoms. The van der Waals surface area contributed by atoms with Gasteiger partial charge in [-0.2, -0.15) is 16.8 Å². The molecule has 0 heterocycles. The van der Waals surface area contributed by atoms with Crippen molar-refractivity contribution in [2.24, 2.45) is 0 Å². The van der Waals surface area contributed by atoms with Crippen molar-refractivity contribution in [2.45, 2.75) is 9.79 Å². The monoisotopic (exact) mass is 331 g/mol. The number of hydrogen-bond donors (Lipinski definition) is 3. The maximum absolute atomic E-state index is 11.0. The molecule has 0 aromatic heterocycles. The van der Waals surface area contributed by atoms with E-state index in [1.165, 1.54) is 0 Å². The van der Waals surface area contributed by atoms with Crippen molar-refractivity contribution in [3.8, 4) is 0 Å². The van der Waals surface area contributed by atoms with Gasteiger partial charge in [0.15, 0.2) is 0 Å². The van der Waals surface area contributed by atoms with Gasteiger partial charge in [0.2, 0.25) is 10.0 Å². The van der Waals surface area contributed by atoms with Crippen LogP contribution in [0.4, 0.5) is 5.69 Å². The summed E-state index contributed by atoms with van der Waals surface area (Å²) in [6, 6.07) is 1.91. The van der Waals surface area contributed by atoms with Crippen LogP contribution in [0.15, 0.2) is 28.0 Å². The number of nitrogens with one attached hydrogen (secondary N) is 1. The fraction of sp³-hybridized carbons (Fsp3) is 0.143. The molecular formula is C7H9NO8S3. The van der Waals surface area contributed by atoms with E-state index in [-0.39, 0.29) is 0 Å². The minimum absolute atomic E-state index is 0.569. The van der Waals surface area contributed by atoms with Crippen molar-refractivity contribution >= 4 is 35.9 Å². The second kappa shape index (κ2) is 4.72. The van der Waals surface area contributed by atoms with E-state index in [1.54, 1.807) is 4.72 Å². The Morgan fingerprint density at radius 1 is 0.947 bits per heavy atom. The molecule has 3 N–H and O–H groups in total. The normalized spacial score (nSPS) is 13.2. The largest absolute Gasteiger partial charge is 0.296 e. The van der Waals surface area contributed by atoms with Crippen molar-refractivity contribution in [3.63, 3.8) is 0 Å². The van der Waals surface area contributed by atoms with Gasteiger partial charge in [-0.3, -0.25) is 13.8 Å². The zero-order chi connectivity index (χ0) is 15.1. The molecule has 19 heavy (non-hydrogen) atoms. The molecule has 0 spiro atoms. The molecule has 9 nitrogen and oxygen atoms in total. The maximum Gasteiger partial charge on any atom is 0.296 e. The molecule has 1 rings (SSSR count). The predicted molar refractivity (Wildman–Crippen MR) is 64.5 cm³/mol. The quantitative estimate of drug-likeness (QED) is 0.627. The Bertz CT molecular complexity index is 806. The van der Waals surface area contributed by atoms with E-state index in [4.69, 9.17) is 9.11 Å². The molecule has 1 aromatic carbocycles. The van der Waals surface area contributed by atoms with Crippen molar-refractivity contribution in [1.29, 1.82) is 0 Å². The Balaban J connectivity index is 3.62. The van der Waals surface area contributed by atoms with Gasteiger partial charge in [0.1, 0.15) is 4.90 Å². The molecular weight excluding hydrogens is 322 g/mol. The fourth-order valence-electron chi connectivity index (χ4n) is 1.17. The average molecular weight is 331 g/mol. The van der Waals surface area contributed by atoms with E-state index in [0.717, 1.165) is 0 Å². The Morgan fingerprint density at radius 2 is 1.47 bits per heavy atom. The van der Waals surface area contributed by atoms with Gasteiger partial charge in [0.25, 0.3) is 20.2 Å². The first kappa shape index (κ1) is 15.8. The van der Waals surface area contributed by atoms with Gasteiger partial charge in [-0.05, 0) is 18.2 Å².